The Kier molecular flexibility index (Phi) is 4.17. The largest absolute Gasteiger partial charge is 0.349 e. The Morgan fingerprint density at radius 2 is 2.09 bits per heavy atom. The van der Waals surface area contributed by atoms with Crippen molar-refractivity contribution in [2.24, 2.45) is 11.3 Å². The molecule has 0 N–H and O–H groups in total. The van der Waals surface area contributed by atoms with E-state index in [1.807, 2.05) is 33.4 Å². The van der Waals surface area contributed by atoms with Crippen LogP contribution >= 0.6 is 0 Å². The summed E-state index contributed by atoms with van der Waals surface area (Å²) < 4.78 is 0. The second-order valence-corrected chi connectivity index (χ2v) is 7.14. The minimum atomic E-state index is 0.201. The van der Waals surface area contributed by atoms with Gasteiger partial charge in [0, 0.05) is 51.1 Å². The summed E-state index contributed by atoms with van der Waals surface area (Å²) in [5, 5.41) is 0. The Hall–Kier alpha value is -1.49. The van der Waals surface area contributed by atoms with Crippen LogP contribution in [0.25, 0.3) is 0 Å². The first-order chi connectivity index (χ1) is 10.5. The number of hydrogen-bond acceptors (Lipinski definition) is 4. The lowest BCUT2D eigenvalue weighted by atomic mass is 9.76. The van der Waals surface area contributed by atoms with Crippen molar-refractivity contribution in [3.05, 3.63) is 23.8 Å². The number of nitrogens with zero attached hydrogens (tertiary/aromatic N) is 4. The third kappa shape index (κ3) is 2.86. The number of amides is 1. The number of aryl methyl sites for hydroxylation is 1. The Morgan fingerprint density at radius 1 is 1.36 bits per heavy atom. The molecular weight excluding hydrogens is 276 g/mol. The number of carbonyl (C=O) groups excluding carboxylic acids is 1. The van der Waals surface area contributed by atoms with Crippen LogP contribution in [0.15, 0.2) is 12.4 Å². The lowest BCUT2D eigenvalue weighted by molar-refractivity contribution is -0.136. The van der Waals surface area contributed by atoms with Crippen LogP contribution in [0.3, 0.4) is 0 Å². The van der Waals surface area contributed by atoms with E-state index < -0.39 is 0 Å². The van der Waals surface area contributed by atoms with Crippen LogP contribution in [0.2, 0.25) is 0 Å². The van der Waals surface area contributed by atoms with E-state index >= 15 is 0 Å². The zero-order chi connectivity index (χ0) is 15.7. The van der Waals surface area contributed by atoms with E-state index in [0.717, 1.165) is 43.9 Å². The van der Waals surface area contributed by atoms with Gasteiger partial charge in [0.25, 0.3) is 0 Å². The molecule has 2 heterocycles. The number of carbonyl (C=O) groups is 1. The van der Waals surface area contributed by atoms with Gasteiger partial charge < -0.3 is 4.90 Å². The SMILES string of the molecule is Cc1ncc(CN2CC[C@]3(CCC[C@@H]3C(=O)N(C)C)C2)cn1. The van der Waals surface area contributed by atoms with Crippen LogP contribution < -0.4 is 0 Å². The highest BCUT2D eigenvalue weighted by Gasteiger charge is 2.50. The van der Waals surface area contributed by atoms with Crippen LogP contribution in [0.5, 0.6) is 0 Å². The molecule has 1 aliphatic heterocycles. The second kappa shape index (κ2) is 5.95. The average molecular weight is 302 g/mol. The van der Waals surface area contributed by atoms with Gasteiger partial charge >= 0.3 is 0 Å². The molecule has 1 aromatic rings. The molecule has 2 aliphatic rings. The summed E-state index contributed by atoms with van der Waals surface area (Å²) in [7, 11) is 3.76. The molecule has 1 aliphatic carbocycles. The van der Waals surface area contributed by atoms with E-state index in [0.29, 0.717) is 5.91 Å². The molecule has 1 spiro atoms. The third-order valence-corrected chi connectivity index (χ3v) is 5.35. The fourth-order valence-corrected chi connectivity index (χ4v) is 4.20. The second-order valence-electron chi connectivity index (χ2n) is 7.14. The van der Waals surface area contributed by atoms with Gasteiger partial charge in [0.15, 0.2) is 0 Å². The highest BCUT2D eigenvalue weighted by atomic mass is 16.2. The molecule has 2 fully saturated rings. The summed E-state index contributed by atoms with van der Waals surface area (Å²) >= 11 is 0. The van der Waals surface area contributed by atoms with Gasteiger partial charge in [-0.05, 0) is 38.1 Å². The third-order valence-electron chi connectivity index (χ3n) is 5.35. The number of likely N-dealkylation sites (tertiary alicyclic amines) is 1. The molecule has 3 rings (SSSR count). The monoisotopic (exact) mass is 302 g/mol. The van der Waals surface area contributed by atoms with Crippen molar-refractivity contribution in [3.8, 4) is 0 Å². The van der Waals surface area contributed by atoms with Crippen molar-refractivity contribution in [1.82, 2.24) is 19.8 Å². The first-order valence-corrected chi connectivity index (χ1v) is 8.21. The summed E-state index contributed by atoms with van der Waals surface area (Å²) in [5.41, 5.74) is 1.36. The molecule has 1 saturated heterocycles. The highest BCUT2D eigenvalue weighted by molar-refractivity contribution is 5.79. The van der Waals surface area contributed by atoms with Gasteiger partial charge in [-0.3, -0.25) is 9.69 Å². The normalized spacial score (nSPS) is 28.4. The smallest absolute Gasteiger partial charge is 0.225 e. The molecule has 2 atom stereocenters. The van der Waals surface area contributed by atoms with Gasteiger partial charge in [-0.25, -0.2) is 9.97 Å². The quantitative estimate of drug-likeness (QED) is 0.855. The molecule has 0 unspecified atom stereocenters. The standard InChI is InChI=1S/C17H26N4O/c1-13-18-9-14(10-19-13)11-21-8-7-17(12-21)6-4-5-15(17)16(22)20(2)3/h9-10,15H,4-8,11-12H2,1-3H3/t15-,17-/m1/s1. The molecule has 5 nitrogen and oxygen atoms in total. The van der Waals surface area contributed by atoms with Gasteiger partial charge in [-0.1, -0.05) is 6.42 Å². The summed E-state index contributed by atoms with van der Waals surface area (Å²) in [6, 6.07) is 0. The van der Waals surface area contributed by atoms with Crippen LogP contribution in [0, 0.1) is 18.3 Å². The van der Waals surface area contributed by atoms with Crippen LogP contribution in [-0.4, -0.2) is 52.9 Å². The summed E-state index contributed by atoms with van der Waals surface area (Å²) in [6.07, 6.45) is 8.42. The van der Waals surface area contributed by atoms with Crippen LogP contribution in [0.4, 0.5) is 0 Å². The molecule has 5 heteroatoms. The Morgan fingerprint density at radius 3 is 2.77 bits per heavy atom. The molecule has 0 aromatic carbocycles. The van der Waals surface area contributed by atoms with Gasteiger partial charge in [0.1, 0.15) is 5.82 Å². The minimum Gasteiger partial charge on any atom is -0.349 e. The van der Waals surface area contributed by atoms with Crippen molar-refractivity contribution < 1.29 is 4.79 Å². The lowest BCUT2D eigenvalue weighted by Gasteiger charge is -2.32. The van der Waals surface area contributed by atoms with Crippen molar-refractivity contribution in [2.45, 2.75) is 39.2 Å². The molecule has 0 bridgehead atoms. The van der Waals surface area contributed by atoms with Crippen molar-refractivity contribution in [1.29, 1.82) is 0 Å². The minimum absolute atomic E-state index is 0.201. The zero-order valence-corrected chi connectivity index (χ0v) is 13.9. The van der Waals surface area contributed by atoms with Crippen LogP contribution in [-0.2, 0) is 11.3 Å². The van der Waals surface area contributed by atoms with Gasteiger partial charge in [-0.2, -0.15) is 0 Å². The number of rotatable bonds is 3. The van der Waals surface area contributed by atoms with E-state index in [4.69, 9.17) is 0 Å². The predicted octanol–water partition coefficient (Wildman–Crippen LogP) is 1.87. The highest BCUT2D eigenvalue weighted by Crippen LogP contribution is 2.50. The molecule has 1 amide bonds. The molecule has 1 aromatic heterocycles. The predicted molar refractivity (Wildman–Crippen MR) is 85.1 cm³/mol. The molecule has 120 valence electrons. The average Bonchev–Trinajstić information content (AvgIpc) is 3.08. The van der Waals surface area contributed by atoms with Gasteiger partial charge in [-0.15, -0.1) is 0 Å². The summed E-state index contributed by atoms with van der Waals surface area (Å²) in [5.74, 6) is 1.34. The number of aromatic nitrogens is 2. The fourth-order valence-electron chi connectivity index (χ4n) is 4.20. The first-order valence-electron chi connectivity index (χ1n) is 8.21. The Labute approximate surface area is 132 Å². The van der Waals surface area contributed by atoms with Crippen molar-refractivity contribution in [3.63, 3.8) is 0 Å². The molecule has 1 saturated carbocycles. The van der Waals surface area contributed by atoms with Crippen LogP contribution in [0.1, 0.15) is 37.1 Å². The summed E-state index contributed by atoms with van der Waals surface area (Å²) in [6.45, 7) is 4.91. The topological polar surface area (TPSA) is 49.3 Å². The lowest BCUT2D eigenvalue weighted by Crippen LogP contribution is -2.40. The van der Waals surface area contributed by atoms with Crippen molar-refractivity contribution >= 4 is 5.91 Å². The zero-order valence-electron chi connectivity index (χ0n) is 13.9. The molecule has 0 radical (unpaired) electrons. The first kappa shape index (κ1) is 15.4. The van der Waals surface area contributed by atoms with E-state index in [-0.39, 0.29) is 11.3 Å². The maximum Gasteiger partial charge on any atom is 0.225 e. The van der Waals surface area contributed by atoms with E-state index in [1.54, 1.807) is 4.90 Å². The maximum absolute atomic E-state index is 12.5. The Bertz CT molecular complexity index is 542. The summed E-state index contributed by atoms with van der Waals surface area (Å²) in [4.78, 5) is 25.3. The van der Waals surface area contributed by atoms with E-state index in [9.17, 15) is 4.79 Å². The fraction of sp³-hybridized carbons (Fsp3) is 0.706. The van der Waals surface area contributed by atoms with E-state index in [2.05, 4.69) is 14.9 Å². The molecule has 22 heavy (non-hydrogen) atoms. The van der Waals surface area contributed by atoms with Gasteiger partial charge in [0.05, 0.1) is 0 Å². The van der Waals surface area contributed by atoms with Crippen molar-refractivity contribution in [2.75, 3.05) is 27.2 Å². The Balaban J connectivity index is 1.68. The van der Waals surface area contributed by atoms with E-state index in [1.165, 1.54) is 12.8 Å². The number of hydrogen-bond donors (Lipinski definition) is 0. The van der Waals surface area contributed by atoms with Gasteiger partial charge in [0.2, 0.25) is 5.91 Å². The molecular formula is C17H26N4O. The maximum atomic E-state index is 12.5.